The third-order valence-electron chi connectivity index (χ3n) is 2.81. The number of hydrogen-bond acceptors (Lipinski definition) is 0. The molecular formula is C13H19F. The second-order valence-electron chi connectivity index (χ2n) is 4.21. The Morgan fingerprint density at radius 2 is 1.86 bits per heavy atom. The summed E-state index contributed by atoms with van der Waals surface area (Å²) in [6, 6.07) is 5.40. The van der Waals surface area contributed by atoms with Gasteiger partial charge >= 0.3 is 0 Å². The van der Waals surface area contributed by atoms with Gasteiger partial charge in [0.05, 0.1) is 0 Å². The number of hydrogen-bond donors (Lipinski definition) is 0. The Hall–Kier alpha value is -0.850. The molecule has 1 aromatic carbocycles. The number of benzene rings is 1. The van der Waals surface area contributed by atoms with Crippen LogP contribution in [-0.2, 0) is 0 Å². The van der Waals surface area contributed by atoms with E-state index in [1.807, 2.05) is 6.07 Å². The maximum absolute atomic E-state index is 13.6. The average molecular weight is 194 g/mol. The molecule has 0 heterocycles. The third kappa shape index (κ3) is 2.14. The zero-order chi connectivity index (χ0) is 10.7. The fourth-order valence-corrected chi connectivity index (χ4v) is 1.78. The van der Waals surface area contributed by atoms with Crippen molar-refractivity contribution in [2.45, 2.75) is 46.0 Å². The molecule has 78 valence electrons. The van der Waals surface area contributed by atoms with Crippen molar-refractivity contribution in [3.8, 4) is 0 Å². The van der Waals surface area contributed by atoms with Crippen LogP contribution in [0.15, 0.2) is 18.2 Å². The van der Waals surface area contributed by atoms with E-state index in [9.17, 15) is 4.39 Å². The van der Waals surface area contributed by atoms with Crippen molar-refractivity contribution < 1.29 is 4.39 Å². The average Bonchev–Trinajstić information content (AvgIpc) is 2.16. The van der Waals surface area contributed by atoms with Gasteiger partial charge in [0.25, 0.3) is 0 Å². The Morgan fingerprint density at radius 3 is 2.36 bits per heavy atom. The summed E-state index contributed by atoms with van der Waals surface area (Å²) in [7, 11) is 0. The van der Waals surface area contributed by atoms with Gasteiger partial charge < -0.3 is 0 Å². The summed E-state index contributed by atoms with van der Waals surface area (Å²) in [5, 5.41) is 0. The molecule has 0 nitrogen and oxygen atoms in total. The largest absolute Gasteiger partial charge is 0.207 e. The highest BCUT2D eigenvalue weighted by Crippen LogP contribution is 2.30. The van der Waals surface area contributed by atoms with Crippen LogP contribution in [0.1, 0.15) is 57.1 Å². The first-order valence-corrected chi connectivity index (χ1v) is 5.36. The molecule has 14 heavy (non-hydrogen) atoms. The Bertz CT molecular complexity index is 302. The second-order valence-corrected chi connectivity index (χ2v) is 4.21. The topological polar surface area (TPSA) is 0 Å². The lowest BCUT2D eigenvalue weighted by Gasteiger charge is -2.18. The molecule has 0 aliphatic carbocycles. The summed E-state index contributed by atoms with van der Waals surface area (Å²) in [6.07, 6.45) is 0.987. The fraction of sp³-hybridized carbons (Fsp3) is 0.538. The van der Waals surface area contributed by atoms with E-state index in [1.54, 1.807) is 12.1 Å². The molecule has 0 aliphatic heterocycles. The molecule has 0 N–H and O–H groups in total. The van der Waals surface area contributed by atoms with Crippen molar-refractivity contribution in [1.29, 1.82) is 0 Å². The number of halogens is 1. The molecule has 0 spiro atoms. The van der Waals surface area contributed by atoms with Gasteiger partial charge in [-0.1, -0.05) is 39.8 Å². The molecule has 0 aliphatic rings. The van der Waals surface area contributed by atoms with E-state index in [4.69, 9.17) is 0 Å². The van der Waals surface area contributed by atoms with E-state index in [1.165, 1.54) is 0 Å². The Kier molecular flexibility index (Phi) is 3.68. The molecule has 1 unspecified atom stereocenters. The van der Waals surface area contributed by atoms with Crippen LogP contribution in [0.3, 0.4) is 0 Å². The van der Waals surface area contributed by atoms with Crippen molar-refractivity contribution in [3.63, 3.8) is 0 Å². The van der Waals surface area contributed by atoms with Gasteiger partial charge in [-0.15, -0.1) is 0 Å². The highest BCUT2D eigenvalue weighted by molar-refractivity contribution is 5.33. The van der Waals surface area contributed by atoms with Gasteiger partial charge in [-0.2, -0.15) is 0 Å². The van der Waals surface area contributed by atoms with Crippen molar-refractivity contribution in [3.05, 3.63) is 35.1 Å². The molecule has 1 atom stereocenters. The number of rotatable bonds is 3. The SMILES string of the molecule is CCC(C)c1c(F)cccc1C(C)C. The van der Waals surface area contributed by atoms with Gasteiger partial charge in [-0.05, 0) is 35.4 Å². The lowest BCUT2D eigenvalue weighted by atomic mass is 9.88. The summed E-state index contributed by atoms with van der Waals surface area (Å²) < 4.78 is 13.6. The van der Waals surface area contributed by atoms with Crippen molar-refractivity contribution >= 4 is 0 Å². The van der Waals surface area contributed by atoms with Gasteiger partial charge in [0.15, 0.2) is 0 Å². The maximum Gasteiger partial charge on any atom is 0.126 e. The predicted molar refractivity (Wildman–Crippen MR) is 59.2 cm³/mol. The first-order valence-electron chi connectivity index (χ1n) is 5.36. The van der Waals surface area contributed by atoms with Crippen LogP contribution in [-0.4, -0.2) is 0 Å². The smallest absolute Gasteiger partial charge is 0.126 e. The molecule has 0 radical (unpaired) electrons. The summed E-state index contributed by atoms with van der Waals surface area (Å²) >= 11 is 0. The van der Waals surface area contributed by atoms with Crippen LogP contribution in [0, 0.1) is 5.82 Å². The first-order chi connectivity index (χ1) is 6.57. The van der Waals surface area contributed by atoms with E-state index in [-0.39, 0.29) is 5.82 Å². The van der Waals surface area contributed by atoms with Crippen molar-refractivity contribution in [1.82, 2.24) is 0 Å². The van der Waals surface area contributed by atoms with E-state index in [0.29, 0.717) is 11.8 Å². The van der Waals surface area contributed by atoms with Crippen LogP contribution in [0.2, 0.25) is 0 Å². The molecule has 0 amide bonds. The van der Waals surface area contributed by atoms with Gasteiger partial charge in [0.2, 0.25) is 0 Å². The van der Waals surface area contributed by atoms with E-state index < -0.39 is 0 Å². The van der Waals surface area contributed by atoms with Gasteiger partial charge in [-0.3, -0.25) is 0 Å². The lowest BCUT2D eigenvalue weighted by Crippen LogP contribution is -2.03. The van der Waals surface area contributed by atoms with Crippen LogP contribution >= 0.6 is 0 Å². The van der Waals surface area contributed by atoms with Crippen LogP contribution < -0.4 is 0 Å². The minimum Gasteiger partial charge on any atom is -0.207 e. The molecule has 1 aromatic rings. The minimum absolute atomic E-state index is 0.0504. The van der Waals surface area contributed by atoms with E-state index >= 15 is 0 Å². The Labute approximate surface area is 86.2 Å². The van der Waals surface area contributed by atoms with E-state index in [0.717, 1.165) is 17.5 Å². The lowest BCUT2D eigenvalue weighted by molar-refractivity contribution is 0.574. The maximum atomic E-state index is 13.6. The second kappa shape index (κ2) is 4.59. The quantitative estimate of drug-likeness (QED) is 0.666. The van der Waals surface area contributed by atoms with Crippen molar-refractivity contribution in [2.24, 2.45) is 0 Å². The van der Waals surface area contributed by atoms with Gasteiger partial charge in [-0.25, -0.2) is 4.39 Å². The Morgan fingerprint density at radius 1 is 1.21 bits per heavy atom. The summed E-state index contributed by atoms with van der Waals surface area (Å²) in [4.78, 5) is 0. The van der Waals surface area contributed by atoms with Crippen molar-refractivity contribution in [2.75, 3.05) is 0 Å². The zero-order valence-electron chi connectivity index (χ0n) is 9.47. The molecule has 1 rings (SSSR count). The minimum atomic E-state index is -0.0504. The monoisotopic (exact) mass is 194 g/mol. The first kappa shape index (κ1) is 11.2. The third-order valence-corrected chi connectivity index (χ3v) is 2.81. The fourth-order valence-electron chi connectivity index (χ4n) is 1.78. The van der Waals surface area contributed by atoms with Gasteiger partial charge in [0, 0.05) is 0 Å². The normalized spacial score (nSPS) is 13.3. The molecule has 0 saturated carbocycles. The molecule has 0 fully saturated rings. The molecular weight excluding hydrogens is 175 g/mol. The van der Waals surface area contributed by atoms with E-state index in [2.05, 4.69) is 27.7 Å². The van der Waals surface area contributed by atoms with Gasteiger partial charge in [0.1, 0.15) is 5.82 Å². The summed E-state index contributed by atoms with van der Waals surface area (Å²) in [5.74, 6) is 0.661. The predicted octanol–water partition coefficient (Wildman–Crippen LogP) is 4.46. The summed E-state index contributed by atoms with van der Waals surface area (Å²) in [5.41, 5.74) is 2.06. The molecule has 0 bridgehead atoms. The highest BCUT2D eigenvalue weighted by atomic mass is 19.1. The Balaban J connectivity index is 3.22. The molecule has 0 saturated heterocycles. The van der Waals surface area contributed by atoms with Crippen LogP contribution in [0.4, 0.5) is 4.39 Å². The molecule has 0 aromatic heterocycles. The highest BCUT2D eigenvalue weighted by Gasteiger charge is 2.15. The standard InChI is InChI=1S/C13H19F/c1-5-10(4)13-11(9(2)3)7-6-8-12(13)14/h6-10H,5H2,1-4H3. The summed E-state index contributed by atoms with van der Waals surface area (Å²) in [6.45, 7) is 8.41. The van der Waals surface area contributed by atoms with Crippen LogP contribution in [0.25, 0.3) is 0 Å². The van der Waals surface area contributed by atoms with Crippen LogP contribution in [0.5, 0.6) is 0 Å². The molecule has 1 heteroatoms. The zero-order valence-corrected chi connectivity index (χ0v) is 9.47.